The summed E-state index contributed by atoms with van der Waals surface area (Å²) in [7, 11) is 0. The standard InChI is InChI=1S/C16H18N6OS2/c1-9-17-14-13(11-5-2-6-12(11)24-14)15(18-9)25-16-19-20-21-22(16)8-10-4-3-7-23-10/h10H,2-8H2,1H3. The zero-order chi connectivity index (χ0) is 16.8. The van der Waals surface area contributed by atoms with Gasteiger partial charge in [0, 0.05) is 16.9 Å². The van der Waals surface area contributed by atoms with Crippen LogP contribution in [0.25, 0.3) is 10.2 Å². The van der Waals surface area contributed by atoms with E-state index in [2.05, 4.69) is 20.5 Å². The molecule has 5 rings (SSSR count). The van der Waals surface area contributed by atoms with Gasteiger partial charge in [0.25, 0.3) is 0 Å². The van der Waals surface area contributed by atoms with Crippen LogP contribution in [0.5, 0.6) is 0 Å². The Labute approximate surface area is 153 Å². The van der Waals surface area contributed by atoms with Gasteiger partial charge in [-0.15, -0.1) is 16.4 Å². The minimum absolute atomic E-state index is 0.209. The van der Waals surface area contributed by atoms with Crippen molar-refractivity contribution in [1.82, 2.24) is 30.2 Å². The molecule has 0 spiro atoms. The molecule has 0 bridgehead atoms. The molecule has 1 saturated heterocycles. The number of nitrogens with zero attached hydrogens (tertiary/aromatic N) is 6. The van der Waals surface area contributed by atoms with Crippen LogP contribution >= 0.6 is 23.1 Å². The molecule has 1 aliphatic carbocycles. The second kappa shape index (κ2) is 6.30. The van der Waals surface area contributed by atoms with E-state index >= 15 is 0 Å². The van der Waals surface area contributed by atoms with Gasteiger partial charge in [0.2, 0.25) is 5.16 Å². The molecule has 1 fully saturated rings. The van der Waals surface area contributed by atoms with Crippen LogP contribution in [0.1, 0.15) is 35.5 Å². The van der Waals surface area contributed by atoms with Crippen molar-refractivity contribution in [2.45, 2.75) is 61.9 Å². The average Bonchev–Trinajstić information content (AvgIpc) is 3.33. The van der Waals surface area contributed by atoms with E-state index in [4.69, 9.17) is 9.72 Å². The Morgan fingerprint density at radius 3 is 3.12 bits per heavy atom. The van der Waals surface area contributed by atoms with Gasteiger partial charge in [-0.1, -0.05) is 0 Å². The lowest BCUT2D eigenvalue weighted by molar-refractivity contribution is 0.0912. The predicted molar refractivity (Wildman–Crippen MR) is 95.1 cm³/mol. The largest absolute Gasteiger partial charge is 0.376 e. The topological polar surface area (TPSA) is 78.6 Å². The van der Waals surface area contributed by atoms with E-state index < -0.39 is 0 Å². The van der Waals surface area contributed by atoms with Gasteiger partial charge in [0.1, 0.15) is 15.7 Å². The maximum Gasteiger partial charge on any atom is 0.215 e. The first kappa shape index (κ1) is 15.7. The van der Waals surface area contributed by atoms with Crippen molar-refractivity contribution < 1.29 is 4.74 Å². The van der Waals surface area contributed by atoms with Crippen molar-refractivity contribution in [2.75, 3.05) is 6.61 Å². The molecular weight excluding hydrogens is 356 g/mol. The normalized spacial score (nSPS) is 19.8. The molecule has 0 aromatic carbocycles. The summed E-state index contributed by atoms with van der Waals surface area (Å²) in [6.07, 6.45) is 5.90. The van der Waals surface area contributed by atoms with Crippen LogP contribution < -0.4 is 0 Å². The van der Waals surface area contributed by atoms with Crippen LogP contribution in [0.3, 0.4) is 0 Å². The van der Waals surface area contributed by atoms with Crippen LogP contribution in [0, 0.1) is 6.92 Å². The van der Waals surface area contributed by atoms with Crippen LogP contribution in [-0.2, 0) is 24.1 Å². The van der Waals surface area contributed by atoms with Crippen LogP contribution in [-0.4, -0.2) is 42.9 Å². The summed E-state index contributed by atoms with van der Waals surface area (Å²) in [5.41, 5.74) is 1.43. The van der Waals surface area contributed by atoms with Gasteiger partial charge in [-0.25, -0.2) is 14.6 Å². The minimum atomic E-state index is 0.209. The van der Waals surface area contributed by atoms with E-state index in [0.29, 0.717) is 6.54 Å². The van der Waals surface area contributed by atoms with Crippen molar-refractivity contribution in [3.8, 4) is 0 Å². The summed E-state index contributed by atoms with van der Waals surface area (Å²) < 4.78 is 7.56. The Bertz CT molecular complexity index is 930. The lowest BCUT2D eigenvalue weighted by Gasteiger charge is -2.10. The molecule has 25 heavy (non-hydrogen) atoms. The lowest BCUT2D eigenvalue weighted by Crippen LogP contribution is -2.16. The summed E-state index contributed by atoms with van der Waals surface area (Å²) >= 11 is 3.36. The van der Waals surface area contributed by atoms with E-state index in [-0.39, 0.29) is 6.10 Å². The third kappa shape index (κ3) is 2.84. The van der Waals surface area contributed by atoms with Crippen molar-refractivity contribution in [3.05, 3.63) is 16.3 Å². The smallest absolute Gasteiger partial charge is 0.215 e. The fourth-order valence-corrected chi connectivity index (χ4v) is 5.93. The first-order chi connectivity index (χ1) is 12.3. The first-order valence-electron chi connectivity index (χ1n) is 8.62. The van der Waals surface area contributed by atoms with Gasteiger partial charge in [-0.2, -0.15) is 0 Å². The number of hydrogen-bond donors (Lipinski definition) is 0. The highest BCUT2D eigenvalue weighted by Crippen LogP contribution is 2.41. The maximum atomic E-state index is 5.72. The lowest BCUT2D eigenvalue weighted by atomic mass is 10.2. The van der Waals surface area contributed by atoms with Crippen molar-refractivity contribution in [2.24, 2.45) is 0 Å². The molecule has 3 aromatic rings. The minimum Gasteiger partial charge on any atom is -0.376 e. The van der Waals surface area contributed by atoms with Crippen LogP contribution in [0.4, 0.5) is 0 Å². The molecule has 7 nitrogen and oxygen atoms in total. The molecule has 0 radical (unpaired) electrons. The zero-order valence-corrected chi connectivity index (χ0v) is 15.6. The molecule has 4 heterocycles. The van der Waals surface area contributed by atoms with E-state index in [0.717, 1.165) is 53.1 Å². The second-order valence-corrected chi connectivity index (χ2v) is 8.53. The van der Waals surface area contributed by atoms with Gasteiger partial charge in [0.05, 0.1) is 12.6 Å². The number of tetrazole rings is 1. The van der Waals surface area contributed by atoms with E-state index in [1.807, 2.05) is 22.9 Å². The second-order valence-electron chi connectivity index (χ2n) is 6.49. The first-order valence-corrected chi connectivity index (χ1v) is 10.3. The van der Waals surface area contributed by atoms with E-state index in [1.54, 1.807) is 11.8 Å². The molecule has 1 unspecified atom stereocenters. The average molecular weight is 374 g/mol. The highest BCUT2D eigenvalue weighted by molar-refractivity contribution is 7.99. The summed E-state index contributed by atoms with van der Waals surface area (Å²) in [5.74, 6) is 0.799. The van der Waals surface area contributed by atoms with E-state index in [9.17, 15) is 0 Å². The third-order valence-electron chi connectivity index (χ3n) is 4.73. The third-order valence-corrected chi connectivity index (χ3v) is 6.88. The predicted octanol–water partition coefficient (Wildman–Crippen LogP) is 2.81. The van der Waals surface area contributed by atoms with Crippen molar-refractivity contribution in [1.29, 1.82) is 0 Å². The van der Waals surface area contributed by atoms with E-state index in [1.165, 1.54) is 22.2 Å². The Kier molecular flexibility index (Phi) is 3.94. The SMILES string of the molecule is Cc1nc(Sc2nnnn2CC2CCCO2)c2c3c(sc2n1)CCC3. The molecule has 1 aliphatic heterocycles. The summed E-state index contributed by atoms with van der Waals surface area (Å²) in [6.45, 7) is 3.48. The fourth-order valence-electron chi connectivity index (χ4n) is 3.59. The Morgan fingerprint density at radius 2 is 2.24 bits per heavy atom. The zero-order valence-electron chi connectivity index (χ0n) is 13.9. The number of aromatic nitrogens is 6. The quantitative estimate of drug-likeness (QED) is 0.650. The molecule has 0 saturated carbocycles. The summed E-state index contributed by atoms with van der Waals surface area (Å²) in [4.78, 5) is 11.9. The number of aryl methyl sites for hydroxylation is 3. The molecule has 9 heteroatoms. The fraction of sp³-hybridized carbons (Fsp3) is 0.562. The molecular formula is C16H18N6OS2. The highest BCUT2D eigenvalue weighted by atomic mass is 32.2. The molecule has 0 N–H and O–H groups in total. The van der Waals surface area contributed by atoms with Gasteiger partial charge >= 0.3 is 0 Å². The molecule has 1 atom stereocenters. The number of thiophene rings is 1. The van der Waals surface area contributed by atoms with Crippen LogP contribution in [0.15, 0.2) is 10.2 Å². The molecule has 2 aliphatic rings. The number of ether oxygens (including phenoxy) is 1. The monoisotopic (exact) mass is 374 g/mol. The molecule has 3 aromatic heterocycles. The Hall–Kier alpha value is -1.58. The van der Waals surface area contributed by atoms with Crippen molar-refractivity contribution >= 4 is 33.3 Å². The van der Waals surface area contributed by atoms with Gasteiger partial charge < -0.3 is 4.74 Å². The van der Waals surface area contributed by atoms with Gasteiger partial charge in [-0.05, 0) is 66.8 Å². The molecule has 0 amide bonds. The molecule has 130 valence electrons. The number of fused-ring (bicyclic) bond motifs is 3. The Balaban J connectivity index is 1.51. The number of hydrogen-bond acceptors (Lipinski definition) is 8. The van der Waals surface area contributed by atoms with Gasteiger partial charge in [0.15, 0.2) is 0 Å². The highest BCUT2D eigenvalue weighted by Gasteiger charge is 2.24. The summed E-state index contributed by atoms with van der Waals surface area (Å²) in [5, 5.41) is 15.2. The maximum absolute atomic E-state index is 5.72. The van der Waals surface area contributed by atoms with Crippen molar-refractivity contribution in [3.63, 3.8) is 0 Å². The summed E-state index contributed by atoms with van der Waals surface area (Å²) in [6, 6.07) is 0. The van der Waals surface area contributed by atoms with Gasteiger partial charge in [-0.3, -0.25) is 0 Å². The number of rotatable bonds is 4. The van der Waals surface area contributed by atoms with Crippen LogP contribution in [0.2, 0.25) is 0 Å². The Morgan fingerprint density at radius 1 is 1.28 bits per heavy atom.